The quantitative estimate of drug-likeness (QED) is 0.575. The van der Waals surface area contributed by atoms with Crippen molar-refractivity contribution in [2.45, 2.75) is 45.8 Å². The average molecular weight is 400 g/mol. The van der Waals surface area contributed by atoms with Crippen molar-refractivity contribution in [1.82, 2.24) is 20.5 Å². The van der Waals surface area contributed by atoms with Gasteiger partial charge in [-0.1, -0.05) is 45.0 Å². The number of ether oxygens (including phenoxy) is 1. The zero-order valence-electron chi connectivity index (χ0n) is 18.0. The van der Waals surface area contributed by atoms with Crippen LogP contribution < -0.4 is 10.6 Å². The monoisotopic (exact) mass is 399 g/mol. The van der Waals surface area contributed by atoms with Gasteiger partial charge in [0, 0.05) is 38.6 Å². The van der Waals surface area contributed by atoms with E-state index in [0.29, 0.717) is 19.0 Å². The lowest BCUT2D eigenvalue weighted by Crippen LogP contribution is -2.36. The van der Waals surface area contributed by atoms with E-state index < -0.39 is 0 Å². The van der Waals surface area contributed by atoms with Gasteiger partial charge in [0.1, 0.15) is 5.76 Å². The van der Waals surface area contributed by atoms with E-state index in [-0.39, 0.29) is 5.41 Å². The summed E-state index contributed by atoms with van der Waals surface area (Å²) in [6, 6.07) is 8.73. The number of benzene rings is 1. The van der Waals surface area contributed by atoms with Gasteiger partial charge in [0.2, 0.25) is 5.89 Å². The minimum Gasteiger partial charge on any atom is -0.443 e. The van der Waals surface area contributed by atoms with Gasteiger partial charge >= 0.3 is 0 Å². The van der Waals surface area contributed by atoms with Crippen molar-refractivity contribution in [3.8, 4) is 0 Å². The van der Waals surface area contributed by atoms with Crippen molar-refractivity contribution in [3.63, 3.8) is 0 Å². The van der Waals surface area contributed by atoms with Gasteiger partial charge in [-0.2, -0.15) is 0 Å². The maximum Gasteiger partial charge on any atom is 0.213 e. The second-order valence-corrected chi connectivity index (χ2v) is 8.35. The summed E-state index contributed by atoms with van der Waals surface area (Å²) < 4.78 is 11.2. The van der Waals surface area contributed by atoms with E-state index in [9.17, 15) is 0 Å². The highest BCUT2D eigenvalue weighted by Crippen LogP contribution is 2.22. The lowest BCUT2D eigenvalue weighted by molar-refractivity contribution is 0.0342. The Balaban J connectivity index is 1.44. The molecule has 0 unspecified atom stereocenters. The summed E-state index contributed by atoms with van der Waals surface area (Å²) in [6.07, 6.45) is 1.80. The molecule has 1 aliphatic rings. The molecule has 0 aliphatic carbocycles. The Bertz CT molecular complexity index is 786. The lowest BCUT2D eigenvalue weighted by Gasteiger charge is -2.26. The largest absolute Gasteiger partial charge is 0.443 e. The molecule has 2 heterocycles. The summed E-state index contributed by atoms with van der Waals surface area (Å²) in [7, 11) is 1.76. The summed E-state index contributed by atoms with van der Waals surface area (Å²) >= 11 is 0. The zero-order valence-corrected chi connectivity index (χ0v) is 18.0. The number of hydrogen-bond acceptors (Lipinski definition) is 5. The van der Waals surface area contributed by atoms with Crippen LogP contribution in [0.5, 0.6) is 0 Å². The molecule has 2 N–H and O–H groups in total. The molecule has 29 heavy (non-hydrogen) atoms. The van der Waals surface area contributed by atoms with Gasteiger partial charge in [-0.25, -0.2) is 4.98 Å². The van der Waals surface area contributed by atoms with Gasteiger partial charge in [0.15, 0.2) is 5.96 Å². The smallest absolute Gasteiger partial charge is 0.213 e. The van der Waals surface area contributed by atoms with E-state index in [1.54, 1.807) is 13.2 Å². The van der Waals surface area contributed by atoms with Crippen molar-refractivity contribution >= 4 is 5.96 Å². The van der Waals surface area contributed by atoms with Crippen LogP contribution in [0.4, 0.5) is 0 Å². The second-order valence-electron chi connectivity index (χ2n) is 8.35. The first-order valence-electron chi connectivity index (χ1n) is 10.2. The topological polar surface area (TPSA) is 74.9 Å². The summed E-state index contributed by atoms with van der Waals surface area (Å²) in [5.41, 5.74) is 2.50. The van der Waals surface area contributed by atoms with Gasteiger partial charge < -0.3 is 19.8 Å². The van der Waals surface area contributed by atoms with Crippen LogP contribution in [-0.2, 0) is 29.8 Å². The molecular formula is C22H33N5O2. The van der Waals surface area contributed by atoms with Gasteiger partial charge in [-0.3, -0.25) is 9.89 Å². The average Bonchev–Trinajstić information content (AvgIpc) is 3.20. The molecule has 7 heteroatoms. The minimum absolute atomic E-state index is 0.0425. The van der Waals surface area contributed by atoms with Gasteiger partial charge in [-0.15, -0.1) is 0 Å². The molecule has 0 atom stereocenters. The molecule has 158 valence electrons. The molecule has 2 aromatic rings. The summed E-state index contributed by atoms with van der Waals surface area (Å²) in [5, 5.41) is 6.59. The Morgan fingerprint density at radius 2 is 1.72 bits per heavy atom. The van der Waals surface area contributed by atoms with Crippen LogP contribution in [-0.4, -0.2) is 49.2 Å². The van der Waals surface area contributed by atoms with Crippen LogP contribution in [0.2, 0.25) is 0 Å². The number of rotatable bonds is 6. The van der Waals surface area contributed by atoms with Crippen molar-refractivity contribution in [3.05, 3.63) is 53.2 Å². The van der Waals surface area contributed by atoms with E-state index >= 15 is 0 Å². The third-order valence-electron chi connectivity index (χ3n) is 4.92. The number of nitrogens with zero attached hydrogens (tertiary/aromatic N) is 3. The maximum absolute atomic E-state index is 5.81. The van der Waals surface area contributed by atoms with Gasteiger partial charge in [0.25, 0.3) is 0 Å². The number of guanidine groups is 1. The van der Waals surface area contributed by atoms with E-state index in [0.717, 1.165) is 44.6 Å². The Labute approximate surface area is 173 Å². The predicted molar refractivity (Wildman–Crippen MR) is 115 cm³/mol. The first-order chi connectivity index (χ1) is 13.9. The molecule has 3 rings (SSSR count). The fraction of sp³-hybridized carbons (Fsp3) is 0.545. The number of hydrogen-bond donors (Lipinski definition) is 2. The highest BCUT2D eigenvalue weighted by molar-refractivity contribution is 5.79. The molecule has 0 radical (unpaired) electrons. The molecule has 1 aromatic carbocycles. The van der Waals surface area contributed by atoms with Gasteiger partial charge in [0.05, 0.1) is 26.0 Å². The molecule has 1 saturated heterocycles. The van der Waals surface area contributed by atoms with Crippen molar-refractivity contribution in [2.75, 3.05) is 33.4 Å². The summed E-state index contributed by atoms with van der Waals surface area (Å²) in [4.78, 5) is 11.0. The number of aromatic nitrogens is 1. The summed E-state index contributed by atoms with van der Waals surface area (Å²) in [5.74, 6) is 2.26. The van der Waals surface area contributed by atoms with Crippen molar-refractivity contribution in [1.29, 1.82) is 0 Å². The Kier molecular flexibility index (Phi) is 7.28. The molecule has 0 amide bonds. The number of morpholine rings is 1. The standard InChI is InChI=1S/C22H33N5O2/c1-22(2,3)19-14-24-20(29-19)15-26-21(23-4)25-13-17-5-7-18(8-6-17)16-27-9-11-28-12-10-27/h5-8,14H,9-13,15-16H2,1-4H3,(H2,23,25,26). The van der Waals surface area contributed by atoms with Crippen LogP contribution in [0.15, 0.2) is 39.9 Å². The van der Waals surface area contributed by atoms with Gasteiger partial charge in [-0.05, 0) is 11.1 Å². The van der Waals surface area contributed by atoms with Crippen LogP contribution in [0.3, 0.4) is 0 Å². The lowest BCUT2D eigenvalue weighted by atomic mass is 9.94. The van der Waals surface area contributed by atoms with E-state index in [4.69, 9.17) is 9.15 Å². The minimum atomic E-state index is -0.0425. The third-order valence-corrected chi connectivity index (χ3v) is 4.92. The van der Waals surface area contributed by atoms with E-state index in [1.807, 2.05) is 0 Å². The fourth-order valence-corrected chi connectivity index (χ4v) is 3.08. The molecule has 1 aromatic heterocycles. The van der Waals surface area contributed by atoms with Crippen LogP contribution >= 0.6 is 0 Å². The second kappa shape index (κ2) is 9.89. The Hall–Kier alpha value is -2.38. The highest BCUT2D eigenvalue weighted by Gasteiger charge is 2.19. The fourth-order valence-electron chi connectivity index (χ4n) is 3.08. The predicted octanol–water partition coefficient (Wildman–Crippen LogP) is 2.67. The first kappa shape index (κ1) is 21.3. The van der Waals surface area contributed by atoms with Crippen molar-refractivity contribution in [2.24, 2.45) is 4.99 Å². The molecule has 7 nitrogen and oxygen atoms in total. The molecule has 0 saturated carbocycles. The maximum atomic E-state index is 5.81. The molecular weight excluding hydrogens is 366 g/mol. The zero-order chi connectivity index (χ0) is 20.7. The molecule has 0 bridgehead atoms. The highest BCUT2D eigenvalue weighted by atomic mass is 16.5. The normalized spacial score (nSPS) is 16.1. The number of aliphatic imine (C=N–C) groups is 1. The Morgan fingerprint density at radius 3 is 2.34 bits per heavy atom. The molecule has 0 spiro atoms. The number of nitrogens with one attached hydrogen (secondary N) is 2. The van der Waals surface area contributed by atoms with Crippen LogP contribution in [0.25, 0.3) is 0 Å². The molecule has 1 aliphatic heterocycles. The van der Waals surface area contributed by atoms with Crippen molar-refractivity contribution < 1.29 is 9.15 Å². The first-order valence-corrected chi connectivity index (χ1v) is 10.2. The van der Waals surface area contributed by atoms with E-state index in [1.165, 1.54) is 11.1 Å². The van der Waals surface area contributed by atoms with E-state index in [2.05, 4.69) is 70.5 Å². The molecule has 1 fully saturated rings. The summed E-state index contributed by atoms with van der Waals surface area (Å²) in [6.45, 7) is 12.2. The van der Waals surface area contributed by atoms with Crippen LogP contribution in [0, 0.1) is 0 Å². The number of oxazole rings is 1. The SMILES string of the molecule is CN=C(NCc1ccc(CN2CCOCC2)cc1)NCc1ncc(C(C)(C)C)o1. The van der Waals surface area contributed by atoms with Crippen LogP contribution in [0.1, 0.15) is 43.5 Å². The Morgan fingerprint density at radius 1 is 1.07 bits per heavy atom. The third kappa shape index (κ3) is 6.58.